The van der Waals surface area contributed by atoms with Gasteiger partial charge >= 0.3 is 12.1 Å². The van der Waals surface area contributed by atoms with Crippen LogP contribution >= 0.6 is 0 Å². The van der Waals surface area contributed by atoms with E-state index >= 15 is 0 Å². The minimum absolute atomic E-state index is 0.00463. The van der Waals surface area contributed by atoms with Crippen molar-refractivity contribution < 1.29 is 28.7 Å². The lowest BCUT2D eigenvalue weighted by Crippen LogP contribution is -2.45. The number of esters is 1. The van der Waals surface area contributed by atoms with Gasteiger partial charge in [0.05, 0.1) is 6.54 Å². The van der Waals surface area contributed by atoms with E-state index in [9.17, 15) is 19.2 Å². The second-order valence-electron chi connectivity index (χ2n) is 9.65. The molecule has 0 aliphatic carbocycles. The summed E-state index contributed by atoms with van der Waals surface area (Å²) < 4.78 is 10.7. The number of hydrogen-bond acceptors (Lipinski definition) is 6. The molecule has 0 saturated carbocycles. The predicted molar refractivity (Wildman–Crippen MR) is 119 cm³/mol. The summed E-state index contributed by atoms with van der Waals surface area (Å²) in [6.07, 6.45) is 4.04. The first kappa shape index (κ1) is 25.9. The van der Waals surface area contributed by atoms with E-state index < -0.39 is 5.60 Å². The van der Waals surface area contributed by atoms with Crippen LogP contribution in [-0.4, -0.2) is 78.1 Å². The van der Waals surface area contributed by atoms with Crippen molar-refractivity contribution >= 4 is 23.9 Å². The van der Waals surface area contributed by atoms with Crippen LogP contribution < -0.4 is 5.32 Å². The fourth-order valence-corrected chi connectivity index (χ4v) is 3.93. The zero-order chi connectivity index (χ0) is 23.7. The summed E-state index contributed by atoms with van der Waals surface area (Å²) in [5, 5.41) is 2.72. The highest BCUT2D eigenvalue weighted by Gasteiger charge is 2.28. The van der Waals surface area contributed by atoms with Crippen LogP contribution in [0.5, 0.6) is 0 Å². The van der Waals surface area contributed by atoms with Crippen molar-refractivity contribution in [2.24, 2.45) is 5.92 Å². The lowest BCUT2D eigenvalue weighted by molar-refractivity contribution is -0.151. The highest BCUT2D eigenvalue weighted by molar-refractivity contribution is 5.84. The molecule has 2 aliphatic heterocycles. The van der Waals surface area contributed by atoms with Gasteiger partial charge in [-0.05, 0) is 46.0 Å². The van der Waals surface area contributed by atoms with E-state index in [2.05, 4.69) is 5.32 Å². The van der Waals surface area contributed by atoms with Gasteiger partial charge in [0.15, 0.2) is 0 Å². The number of nitrogens with zero attached hydrogens (tertiary/aromatic N) is 2. The maximum Gasteiger partial charge on any atom is 0.410 e. The van der Waals surface area contributed by atoms with Gasteiger partial charge in [0.2, 0.25) is 11.8 Å². The third kappa shape index (κ3) is 9.04. The SMILES string of the molecule is CCC(=O)OC1CCN(C(=O)CNC(=O)CCC2CCN(C(=O)OC(C)(C)C)CC2)CC1. The standard InChI is InChI=1S/C23H39N3O6/c1-5-21(29)31-18-10-14-25(15-11-18)20(28)16-24-19(27)7-6-17-8-12-26(13-9-17)22(30)32-23(2,3)4/h17-18H,5-16H2,1-4H3,(H,24,27). The molecule has 2 rings (SSSR count). The molecule has 2 fully saturated rings. The molecule has 0 radical (unpaired) electrons. The quantitative estimate of drug-likeness (QED) is 0.594. The monoisotopic (exact) mass is 453 g/mol. The predicted octanol–water partition coefficient (Wildman–Crippen LogP) is 2.47. The zero-order valence-corrected chi connectivity index (χ0v) is 20.0. The molecule has 0 aromatic rings. The molecule has 2 heterocycles. The lowest BCUT2D eigenvalue weighted by Gasteiger charge is -2.33. The van der Waals surface area contributed by atoms with Gasteiger partial charge in [0, 0.05) is 51.9 Å². The Labute approximate surface area is 191 Å². The summed E-state index contributed by atoms with van der Waals surface area (Å²) in [7, 11) is 0. The van der Waals surface area contributed by atoms with E-state index in [1.54, 1.807) is 16.7 Å². The van der Waals surface area contributed by atoms with Crippen LogP contribution in [0.4, 0.5) is 4.79 Å². The Balaban J connectivity index is 1.59. The summed E-state index contributed by atoms with van der Waals surface area (Å²) in [6.45, 7) is 9.67. The Hall–Kier alpha value is -2.32. The van der Waals surface area contributed by atoms with Crippen LogP contribution in [0, 0.1) is 5.92 Å². The first-order valence-corrected chi connectivity index (χ1v) is 11.8. The van der Waals surface area contributed by atoms with E-state index in [-0.39, 0.29) is 36.5 Å². The number of hydrogen-bond donors (Lipinski definition) is 1. The molecule has 0 bridgehead atoms. The molecule has 9 heteroatoms. The molecular weight excluding hydrogens is 414 g/mol. The van der Waals surface area contributed by atoms with Crippen molar-refractivity contribution in [3.63, 3.8) is 0 Å². The minimum Gasteiger partial charge on any atom is -0.462 e. The fraction of sp³-hybridized carbons (Fsp3) is 0.826. The van der Waals surface area contributed by atoms with Gasteiger partial charge in [-0.1, -0.05) is 6.92 Å². The first-order valence-electron chi connectivity index (χ1n) is 11.8. The van der Waals surface area contributed by atoms with Crippen LogP contribution in [0.15, 0.2) is 0 Å². The number of carbonyl (C=O) groups is 4. The van der Waals surface area contributed by atoms with E-state index in [1.165, 1.54) is 0 Å². The minimum atomic E-state index is -0.499. The number of rotatable bonds is 7. The van der Waals surface area contributed by atoms with Crippen molar-refractivity contribution in [3.8, 4) is 0 Å². The molecule has 0 aromatic heterocycles. The van der Waals surface area contributed by atoms with Gasteiger partial charge in [0.1, 0.15) is 11.7 Å². The van der Waals surface area contributed by atoms with Gasteiger partial charge in [-0.25, -0.2) is 4.79 Å². The molecule has 0 atom stereocenters. The second kappa shape index (κ2) is 12.1. The summed E-state index contributed by atoms with van der Waals surface area (Å²) in [6, 6.07) is 0. The summed E-state index contributed by atoms with van der Waals surface area (Å²) in [5.74, 6) is -0.0541. The molecular formula is C23H39N3O6. The molecule has 182 valence electrons. The van der Waals surface area contributed by atoms with Crippen LogP contribution in [0.3, 0.4) is 0 Å². The maximum absolute atomic E-state index is 12.3. The van der Waals surface area contributed by atoms with Crippen molar-refractivity contribution in [3.05, 3.63) is 0 Å². The van der Waals surface area contributed by atoms with Crippen molar-refractivity contribution in [2.45, 2.75) is 84.3 Å². The molecule has 1 N–H and O–H groups in total. The average Bonchev–Trinajstić information content (AvgIpc) is 2.75. The molecule has 9 nitrogen and oxygen atoms in total. The van der Waals surface area contributed by atoms with Crippen LogP contribution in [0.2, 0.25) is 0 Å². The van der Waals surface area contributed by atoms with Crippen molar-refractivity contribution in [1.29, 1.82) is 0 Å². The summed E-state index contributed by atoms with van der Waals surface area (Å²) in [4.78, 5) is 51.5. The zero-order valence-electron chi connectivity index (χ0n) is 20.0. The van der Waals surface area contributed by atoms with Gasteiger partial charge in [-0.15, -0.1) is 0 Å². The van der Waals surface area contributed by atoms with Gasteiger partial charge in [-0.2, -0.15) is 0 Å². The summed E-state index contributed by atoms with van der Waals surface area (Å²) >= 11 is 0. The Morgan fingerprint density at radius 3 is 2.09 bits per heavy atom. The number of piperidine rings is 2. The fourth-order valence-electron chi connectivity index (χ4n) is 3.93. The topological polar surface area (TPSA) is 105 Å². The Kier molecular flexibility index (Phi) is 9.78. The highest BCUT2D eigenvalue weighted by atomic mass is 16.6. The molecule has 0 spiro atoms. The van der Waals surface area contributed by atoms with E-state index in [0.29, 0.717) is 57.8 Å². The molecule has 2 aliphatic rings. The van der Waals surface area contributed by atoms with Crippen LogP contribution in [0.1, 0.15) is 72.6 Å². The first-order chi connectivity index (χ1) is 15.1. The third-order valence-corrected chi connectivity index (χ3v) is 5.86. The average molecular weight is 454 g/mol. The molecule has 0 unspecified atom stereocenters. The third-order valence-electron chi connectivity index (χ3n) is 5.86. The number of carbonyl (C=O) groups excluding carboxylic acids is 4. The van der Waals surface area contributed by atoms with Crippen molar-refractivity contribution in [1.82, 2.24) is 15.1 Å². The van der Waals surface area contributed by atoms with Gasteiger partial charge < -0.3 is 24.6 Å². The Morgan fingerprint density at radius 1 is 0.938 bits per heavy atom. The Bertz CT molecular complexity index is 659. The molecule has 32 heavy (non-hydrogen) atoms. The lowest BCUT2D eigenvalue weighted by atomic mass is 9.92. The smallest absolute Gasteiger partial charge is 0.410 e. The summed E-state index contributed by atoms with van der Waals surface area (Å²) in [5.41, 5.74) is -0.499. The molecule has 3 amide bonds. The van der Waals surface area contributed by atoms with Crippen LogP contribution in [0.25, 0.3) is 0 Å². The second-order valence-corrected chi connectivity index (χ2v) is 9.65. The van der Waals surface area contributed by atoms with E-state index in [0.717, 1.165) is 19.3 Å². The normalized spacial score (nSPS) is 18.2. The Morgan fingerprint density at radius 2 is 1.53 bits per heavy atom. The van der Waals surface area contributed by atoms with E-state index in [1.807, 2.05) is 20.8 Å². The molecule has 2 saturated heterocycles. The highest BCUT2D eigenvalue weighted by Crippen LogP contribution is 2.23. The number of ether oxygens (including phenoxy) is 2. The number of amides is 3. The van der Waals surface area contributed by atoms with Gasteiger partial charge in [0.25, 0.3) is 0 Å². The number of nitrogens with one attached hydrogen (secondary N) is 1. The molecule has 0 aromatic carbocycles. The largest absolute Gasteiger partial charge is 0.462 e. The maximum atomic E-state index is 12.3. The van der Waals surface area contributed by atoms with Gasteiger partial charge in [-0.3, -0.25) is 14.4 Å². The van der Waals surface area contributed by atoms with E-state index in [4.69, 9.17) is 9.47 Å². The van der Waals surface area contributed by atoms with Crippen LogP contribution in [-0.2, 0) is 23.9 Å². The number of likely N-dealkylation sites (tertiary alicyclic amines) is 2. The van der Waals surface area contributed by atoms with Crippen molar-refractivity contribution in [2.75, 3.05) is 32.7 Å².